The molecule has 0 saturated carbocycles. The van der Waals surface area contributed by atoms with Gasteiger partial charge in [-0.05, 0) is 0 Å². The van der Waals surface area contributed by atoms with Gasteiger partial charge < -0.3 is 0 Å². The Balaban J connectivity index is 2.03. The minimum atomic E-state index is -3.76. The van der Waals surface area contributed by atoms with Gasteiger partial charge in [0.05, 0.1) is 0 Å². The Bertz CT molecular complexity index is 2310. The second kappa shape index (κ2) is 16.9. The van der Waals surface area contributed by atoms with Crippen molar-refractivity contribution in [1.29, 1.82) is 0 Å². The average molecular weight is 841 g/mol. The molecule has 0 radical (unpaired) electrons. The Morgan fingerprint density at radius 3 is 1.05 bits per heavy atom. The van der Waals surface area contributed by atoms with E-state index in [0.717, 1.165) is 50.6 Å². The Labute approximate surface area is 372 Å². The molecule has 0 unspecified atom stereocenters. The van der Waals surface area contributed by atoms with Crippen LogP contribution in [0.1, 0.15) is 159 Å². The van der Waals surface area contributed by atoms with E-state index in [1.165, 1.54) is 60.4 Å². The van der Waals surface area contributed by atoms with Crippen LogP contribution < -0.4 is 29.9 Å². The monoisotopic (exact) mass is 841 g/mol. The molecule has 5 aromatic rings. The standard InChI is InChI=1S/C56H78BO3P/c1-33(2)47-30-48(34(3)4)32-49(31-47)61(55(17,18)19,56(20,21)22,53-43(13)27-37(7)28-44(53)14)54-45(15)29-42(12)52(46(54)16)60-57(58-50-38(8)23-35(5)24-39(50)9)59-51-40(10)25-36(6)26-41(51)11/h23-34H,1-22H3. The van der Waals surface area contributed by atoms with Crippen LogP contribution in [-0.4, -0.2) is 17.6 Å². The van der Waals surface area contributed by atoms with Gasteiger partial charge in [0.2, 0.25) is 0 Å². The molecule has 0 aliphatic heterocycles. The van der Waals surface area contributed by atoms with Crippen molar-refractivity contribution in [3.8, 4) is 17.2 Å². The SMILES string of the molecule is Cc1cc(C)c(OB(Oc2c(C)cc(C)cc2C)Oc2c(C)cc(C)c(P(c3cc(C(C)C)cc(C(C)C)c3)(c3c(C)cc(C)cc3C)(C(C)(C)C)C(C)(C)C)c2C)c(C)c1. The molecular weight excluding hydrogens is 762 g/mol. The van der Waals surface area contributed by atoms with E-state index in [1.807, 2.05) is 0 Å². The number of rotatable bonds is 11. The third kappa shape index (κ3) is 7.87. The second-order valence-corrected chi connectivity index (χ2v) is 27.6. The van der Waals surface area contributed by atoms with E-state index in [2.05, 4.69) is 213 Å². The summed E-state index contributed by atoms with van der Waals surface area (Å²) in [5, 5.41) is 3.83. The Morgan fingerprint density at radius 2 is 0.705 bits per heavy atom. The van der Waals surface area contributed by atoms with Crippen LogP contribution >= 0.6 is 6.60 Å². The van der Waals surface area contributed by atoms with E-state index < -0.39 is 13.9 Å². The summed E-state index contributed by atoms with van der Waals surface area (Å²) in [6, 6.07) is 23.6. The number of hydrogen-bond acceptors (Lipinski definition) is 3. The Kier molecular flexibility index (Phi) is 13.3. The van der Waals surface area contributed by atoms with Gasteiger partial charge in [-0.3, -0.25) is 0 Å². The summed E-state index contributed by atoms with van der Waals surface area (Å²) in [4.78, 5) is 0. The summed E-state index contributed by atoms with van der Waals surface area (Å²) in [6.07, 6.45) is 0. The third-order valence-electron chi connectivity index (χ3n) is 13.7. The first kappa shape index (κ1) is 48.0. The zero-order chi connectivity index (χ0) is 45.9. The average Bonchev–Trinajstić information content (AvgIpc) is 3.10. The van der Waals surface area contributed by atoms with Gasteiger partial charge in [-0.25, -0.2) is 0 Å². The van der Waals surface area contributed by atoms with Crippen LogP contribution in [0.3, 0.4) is 0 Å². The van der Waals surface area contributed by atoms with E-state index in [0.29, 0.717) is 11.8 Å². The zero-order valence-electron chi connectivity index (χ0n) is 42.2. The maximum atomic E-state index is 7.38. The number of hydrogen-bond donors (Lipinski definition) is 0. The molecule has 0 spiro atoms. The first-order valence-electron chi connectivity index (χ1n) is 22.6. The molecule has 5 heteroatoms. The Hall–Kier alpha value is -4.01. The molecule has 0 atom stereocenters. The topological polar surface area (TPSA) is 27.7 Å². The minimum absolute atomic E-state index is 0.265. The molecule has 3 nitrogen and oxygen atoms in total. The van der Waals surface area contributed by atoms with Crippen LogP contribution in [-0.2, 0) is 0 Å². The quantitative estimate of drug-likeness (QED) is 0.0979. The normalized spacial score (nSPS) is 13.1. The fraction of sp³-hybridized carbons (Fsp3) is 0.464. The zero-order valence-corrected chi connectivity index (χ0v) is 43.1. The first-order valence-corrected chi connectivity index (χ1v) is 24.8. The fourth-order valence-corrected chi connectivity index (χ4v) is 22.9. The number of benzene rings is 5. The summed E-state index contributed by atoms with van der Waals surface area (Å²) in [7, 11) is -1.07. The number of aryl methyl sites for hydroxylation is 11. The molecule has 0 bridgehead atoms. The third-order valence-corrected chi connectivity index (χ3v) is 23.6. The van der Waals surface area contributed by atoms with Gasteiger partial charge in [-0.15, -0.1) is 0 Å². The summed E-state index contributed by atoms with van der Waals surface area (Å²) in [5.41, 5.74) is 16.8. The van der Waals surface area contributed by atoms with Crippen LogP contribution in [0.4, 0.5) is 0 Å². The van der Waals surface area contributed by atoms with Crippen LogP contribution in [0.25, 0.3) is 0 Å². The van der Waals surface area contributed by atoms with Gasteiger partial charge >= 0.3 is 374 Å². The van der Waals surface area contributed by atoms with E-state index in [-0.39, 0.29) is 10.3 Å². The Morgan fingerprint density at radius 1 is 0.393 bits per heavy atom. The summed E-state index contributed by atoms with van der Waals surface area (Å²) < 4.78 is 21.3. The second-order valence-electron chi connectivity index (χ2n) is 21.3. The molecule has 0 amide bonds. The summed E-state index contributed by atoms with van der Waals surface area (Å²) >= 11 is 0. The van der Waals surface area contributed by atoms with Crippen LogP contribution in [0.2, 0.25) is 0 Å². The maximum absolute atomic E-state index is 7.38. The van der Waals surface area contributed by atoms with E-state index in [1.54, 1.807) is 0 Å². The van der Waals surface area contributed by atoms with Crippen LogP contribution in [0, 0.1) is 83.1 Å². The van der Waals surface area contributed by atoms with Gasteiger partial charge in [-0.2, -0.15) is 0 Å². The molecule has 5 rings (SSSR count). The molecule has 0 aliphatic rings. The van der Waals surface area contributed by atoms with Gasteiger partial charge in [0.1, 0.15) is 0 Å². The van der Waals surface area contributed by atoms with Crippen molar-refractivity contribution in [2.75, 3.05) is 0 Å². The van der Waals surface area contributed by atoms with Gasteiger partial charge in [0, 0.05) is 0 Å². The molecule has 0 fully saturated rings. The van der Waals surface area contributed by atoms with Crippen molar-refractivity contribution in [3.63, 3.8) is 0 Å². The molecule has 328 valence electrons. The van der Waals surface area contributed by atoms with Gasteiger partial charge in [-0.1, -0.05) is 0 Å². The fourth-order valence-electron chi connectivity index (χ4n) is 12.0. The van der Waals surface area contributed by atoms with Gasteiger partial charge in [0.25, 0.3) is 0 Å². The summed E-state index contributed by atoms with van der Waals surface area (Å²) in [5.74, 6) is 3.09. The van der Waals surface area contributed by atoms with E-state index in [9.17, 15) is 0 Å². The van der Waals surface area contributed by atoms with Gasteiger partial charge in [0.15, 0.2) is 0 Å². The summed E-state index contributed by atoms with van der Waals surface area (Å²) in [6.45, 7) is 47.3. The van der Waals surface area contributed by atoms with Crippen LogP contribution in [0.15, 0.2) is 60.7 Å². The molecule has 0 saturated heterocycles. The molecule has 0 aromatic heterocycles. The molecule has 0 N–H and O–H groups in total. The van der Waals surface area contributed by atoms with Crippen molar-refractivity contribution < 1.29 is 14.0 Å². The predicted molar refractivity (Wildman–Crippen MR) is 270 cm³/mol. The van der Waals surface area contributed by atoms with E-state index >= 15 is 0 Å². The van der Waals surface area contributed by atoms with Crippen molar-refractivity contribution in [2.45, 2.75) is 174 Å². The van der Waals surface area contributed by atoms with Crippen molar-refractivity contribution >= 4 is 29.8 Å². The van der Waals surface area contributed by atoms with Crippen LogP contribution in [0.5, 0.6) is 17.2 Å². The molecule has 0 heterocycles. The first-order chi connectivity index (χ1) is 28.1. The molecule has 61 heavy (non-hydrogen) atoms. The molecule has 5 aromatic carbocycles. The molecular formula is C56H78BO3P. The van der Waals surface area contributed by atoms with Crippen molar-refractivity contribution in [1.82, 2.24) is 0 Å². The van der Waals surface area contributed by atoms with Crippen molar-refractivity contribution in [2.24, 2.45) is 0 Å². The van der Waals surface area contributed by atoms with E-state index in [4.69, 9.17) is 14.0 Å². The predicted octanol–water partition coefficient (Wildman–Crippen LogP) is 14.6. The molecule has 0 aliphatic carbocycles. The van der Waals surface area contributed by atoms with Crippen molar-refractivity contribution in [3.05, 3.63) is 139 Å².